The Morgan fingerprint density at radius 2 is 1.57 bits per heavy atom. The largest absolute Gasteiger partial charge is 0.454 e. The number of morpholine rings is 1. The molecule has 0 spiro atoms. The summed E-state index contributed by atoms with van der Waals surface area (Å²) in [5.41, 5.74) is 3.85. The molecule has 0 amide bonds. The van der Waals surface area contributed by atoms with Gasteiger partial charge in [0.05, 0.1) is 18.9 Å². The number of hydrogen-bond acceptors (Lipinski definition) is 8. The second-order valence-electron chi connectivity index (χ2n) is 8.63. The van der Waals surface area contributed by atoms with Crippen LogP contribution in [0.5, 0.6) is 11.5 Å². The van der Waals surface area contributed by atoms with Crippen LogP contribution in [0.25, 0.3) is 0 Å². The van der Waals surface area contributed by atoms with Crippen LogP contribution in [0.1, 0.15) is 18.7 Å². The van der Waals surface area contributed by atoms with E-state index in [1.807, 2.05) is 58.4 Å². The van der Waals surface area contributed by atoms with Crippen molar-refractivity contribution in [1.29, 1.82) is 0 Å². The molecule has 0 aromatic heterocycles. The maximum absolute atomic E-state index is 12.8. The summed E-state index contributed by atoms with van der Waals surface area (Å²) in [6.07, 6.45) is -0.375. The monoisotopic (exact) mass is 470 g/mol. The Morgan fingerprint density at radius 1 is 0.857 bits per heavy atom. The van der Waals surface area contributed by atoms with Crippen molar-refractivity contribution in [1.82, 2.24) is 0 Å². The number of rotatable bonds is 5. The SMILES string of the molecule is CC(=O)C1=NN(c2ccccc2)[C@H](c2ccc3c(c2)OCO3)N1c1ccc(N2CCOCC2)cc1. The standard InChI is InChI=1S/C27H26N4O4/c1-19(32)26-28-31(23-5-3-2-4-6-23)27(20-7-12-24-25(17-20)35-18-34-24)30(26)22-10-8-21(9-11-22)29-13-15-33-16-14-29/h2-12,17,27H,13-16,18H2,1H3/t27-/m1/s1. The molecule has 0 bridgehead atoms. The molecule has 0 radical (unpaired) electrons. The number of carbonyl (C=O) groups excluding carboxylic acids is 1. The Balaban J connectivity index is 1.43. The molecule has 0 aliphatic carbocycles. The minimum absolute atomic E-state index is 0.105. The summed E-state index contributed by atoms with van der Waals surface area (Å²) < 4.78 is 16.7. The lowest BCUT2D eigenvalue weighted by molar-refractivity contribution is -0.111. The first-order valence-electron chi connectivity index (χ1n) is 11.7. The Labute approximate surface area is 203 Å². The molecule has 8 nitrogen and oxygen atoms in total. The highest BCUT2D eigenvalue weighted by molar-refractivity contribution is 6.44. The topological polar surface area (TPSA) is 66.8 Å². The van der Waals surface area contributed by atoms with Gasteiger partial charge in [-0.05, 0) is 48.5 Å². The summed E-state index contributed by atoms with van der Waals surface area (Å²) in [6, 6.07) is 24.1. The first-order chi connectivity index (χ1) is 17.2. The van der Waals surface area contributed by atoms with Crippen LogP contribution in [0.3, 0.4) is 0 Å². The molecule has 0 unspecified atom stereocenters. The molecule has 0 saturated carbocycles. The normalized spacial score (nSPS) is 19.2. The Hall–Kier alpha value is -4.04. The van der Waals surface area contributed by atoms with Crippen LogP contribution in [0, 0.1) is 0 Å². The van der Waals surface area contributed by atoms with Crippen molar-refractivity contribution in [2.75, 3.05) is 47.9 Å². The third-order valence-corrected chi connectivity index (χ3v) is 6.44. The van der Waals surface area contributed by atoms with Crippen LogP contribution in [0.2, 0.25) is 0 Å². The average Bonchev–Trinajstić information content (AvgIpc) is 3.54. The summed E-state index contributed by atoms with van der Waals surface area (Å²) >= 11 is 0. The van der Waals surface area contributed by atoms with Gasteiger partial charge in [0, 0.05) is 37.0 Å². The zero-order valence-electron chi connectivity index (χ0n) is 19.5. The number of ketones is 1. The summed E-state index contributed by atoms with van der Waals surface area (Å²) in [5, 5.41) is 6.70. The minimum Gasteiger partial charge on any atom is -0.454 e. The molecule has 1 atom stereocenters. The third-order valence-electron chi connectivity index (χ3n) is 6.44. The molecular formula is C27H26N4O4. The third kappa shape index (κ3) is 3.95. The molecule has 3 aromatic rings. The van der Waals surface area contributed by atoms with E-state index in [4.69, 9.17) is 19.3 Å². The van der Waals surface area contributed by atoms with Gasteiger partial charge in [-0.25, -0.2) is 5.01 Å². The zero-order valence-corrected chi connectivity index (χ0v) is 19.5. The van der Waals surface area contributed by atoms with Crippen LogP contribution in [0.4, 0.5) is 17.1 Å². The molecule has 35 heavy (non-hydrogen) atoms. The van der Waals surface area contributed by atoms with E-state index >= 15 is 0 Å². The lowest BCUT2D eigenvalue weighted by atomic mass is 10.1. The molecule has 8 heteroatoms. The van der Waals surface area contributed by atoms with Crippen molar-refractivity contribution < 1.29 is 19.0 Å². The zero-order chi connectivity index (χ0) is 23.8. The fourth-order valence-corrected chi connectivity index (χ4v) is 4.72. The Kier molecular flexibility index (Phi) is 5.50. The number of anilines is 3. The van der Waals surface area contributed by atoms with E-state index in [1.165, 1.54) is 0 Å². The van der Waals surface area contributed by atoms with Gasteiger partial charge in [-0.1, -0.05) is 24.3 Å². The number of para-hydroxylation sites is 1. The quantitative estimate of drug-likeness (QED) is 0.554. The molecule has 178 valence electrons. The van der Waals surface area contributed by atoms with E-state index in [9.17, 15) is 4.79 Å². The minimum atomic E-state index is -0.375. The number of fused-ring (bicyclic) bond motifs is 1. The molecule has 1 saturated heterocycles. The molecule has 3 heterocycles. The van der Waals surface area contributed by atoms with E-state index in [0.29, 0.717) is 17.3 Å². The van der Waals surface area contributed by atoms with E-state index in [0.717, 1.165) is 48.9 Å². The number of benzene rings is 3. The Bertz CT molecular complexity index is 1260. The summed E-state index contributed by atoms with van der Waals surface area (Å²) in [6.45, 7) is 4.95. The first-order valence-corrected chi connectivity index (χ1v) is 11.7. The molecule has 3 aliphatic rings. The summed E-state index contributed by atoms with van der Waals surface area (Å²) in [5.74, 6) is 1.68. The van der Waals surface area contributed by atoms with Gasteiger partial charge in [-0.2, -0.15) is 0 Å². The highest BCUT2D eigenvalue weighted by Gasteiger charge is 2.39. The number of ether oxygens (including phenoxy) is 3. The second-order valence-corrected chi connectivity index (χ2v) is 8.63. The van der Waals surface area contributed by atoms with Gasteiger partial charge in [0.1, 0.15) is 0 Å². The van der Waals surface area contributed by atoms with Gasteiger partial charge < -0.3 is 19.1 Å². The molecule has 1 fully saturated rings. The maximum Gasteiger partial charge on any atom is 0.231 e. The van der Waals surface area contributed by atoms with Crippen molar-refractivity contribution in [3.05, 3.63) is 78.4 Å². The molecular weight excluding hydrogens is 444 g/mol. The van der Waals surface area contributed by atoms with Crippen molar-refractivity contribution in [3.8, 4) is 11.5 Å². The number of nitrogens with zero attached hydrogens (tertiary/aromatic N) is 4. The van der Waals surface area contributed by atoms with Gasteiger partial charge in [-0.3, -0.25) is 9.69 Å². The number of carbonyl (C=O) groups is 1. The lowest BCUT2D eigenvalue weighted by Gasteiger charge is -2.33. The highest BCUT2D eigenvalue weighted by atomic mass is 16.7. The molecule has 0 N–H and O–H groups in total. The molecule has 3 aliphatic heterocycles. The highest BCUT2D eigenvalue weighted by Crippen LogP contribution is 2.42. The van der Waals surface area contributed by atoms with Gasteiger partial charge in [0.2, 0.25) is 6.79 Å². The van der Waals surface area contributed by atoms with Crippen LogP contribution in [-0.4, -0.2) is 44.7 Å². The van der Waals surface area contributed by atoms with Crippen LogP contribution in [-0.2, 0) is 9.53 Å². The predicted octanol–water partition coefficient (Wildman–Crippen LogP) is 4.18. The van der Waals surface area contributed by atoms with Gasteiger partial charge in [-0.15, -0.1) is 5.10 Å². The fraction of sp³-hybridized carbons (Fsp3) is 0.259. The smallest absolute Gasteiger partial charge is 0.231 e. The van der Waals surface area contributed by atoms with Crippen molar-refractivity contribution in [2.24, 2.45) is 5.10 Å². The van der Waals surface area contributed by atoms with Crippen LogP contribution >= 0.6 is 0 Å². The van der Waals surface area contributed by atoms with Crippen molar-refractivity contribution in [3.63, 3.8) is 0 Å². The predicted molar refractivity (Wildman–Crippen MR) is 134 cm³/mol. The van der Waals surface area contributed by atoms with E-state index < -0.39 is 0 Å². The van der Waals surface area contributed by atoms with Crippen molar-refractivity contribution in [2.45, 2.75) is 13.1 Å². The molecule has 3 aromatic carbocycles. The van der Waals surface area contributed by atoms with Gasteiger partial charge in [0.15, 0.2) is 29.3 Å². The number of amidine groups is 1. The van der Waals surface area contributed by atoms with E-state index in [2.05, 4.69) is 29.2 Å². The van der Waals surface area contributed by atoms with Crippen molar-refractivity contribution >= 4 is 28.7 Å². The number of Topliss-reactive ketones (excluding diaryl/α,β-unsaturated/α-hetero) is 1. The number of hydrazone groups is 1. The summed E-state index contributed by atoms with van der Waals surface area (Å²) in [7, 11) is 0. The average molecular weight is 471 g/mol. The van der Waals surface area contributed by atoms with Gasteiger partial charge >= 0.3 is 0 Å². The fourth-order valence-electron chi connectivity index (χ4n) is 4.72. The lowest BCUT2D eigenvalue weighted by Crippen LogP contribution is -2.38. The molecule has 6 rings (SSSR count). The van der Waals surface area contributed by atoms with Gasteiger partial charge in [0.25, 0.3) is 0 Å². The van der Waals surface area contributed by atoms with E-state index in [1.54, 1.807) is 6.92 Å². The summed E-state index contributed by atoms with van der Waals surface area (Å²) in [4.78, 5) is 17.1. The Morgan fingerprint density at radius 3 is 2.31 bits per heavy atom. The number of hydrogen-bond donors (Lipinski definition) is 0. The first kappa shape index (κ1) is 21.5. The van der Waals surface area contributed by atoms with Crippen LogP contribution in [0.15, 0.2) is 77.9 Å². The van der Waals surface area contributed by atoms with E-state index in [-0.39, 0.29) is 18.7 Å². The second kappa shape index (κ2) is 8.96. The maximum atomic E-state index is 12.8. The van der Waals surface area contributed by atoms with Crippen LogP contribution < -0.4 is 24.3 Å².